The van der Waals surface area contributed by atoms with Crippen molar-refractivity contribution >= 4 is 12.2 Å². The van der Waals surface area contributed by atoms with Crippen LogP contribution in [0, 0.1) is 0 Å². The fraction of sp³-hybridized carbons (Fsp3) is 0.500. The lowest BCUT2D eigenvalue weighted by atomic mass is 10.1. The summed E-state index contributed by atoms with van der Waals surface area (Å²) in [5, 5.41) is 9.32. The topological polar surface area (TPSA) is 62.7 Å². The molecule has 1 heterocycles. The fourth-order valence-corrected chi connectivity index (χ4v) is 1.61. The van der Waals surface area contributed by atoms with Crippen molar-refractivity contribution < 1.29 is 14.6 Å². The van der Waals surface area contributed by atoms with Crippen LogP contribution in [0.2, 0.25) is 0 Å². The lowest BCUT2D eigenvalue weighted by Crippen LogP contribution is -2.39. The third kappa shape index (κ3) is 6.29. The van der Waals surface area contributed by atoms with E-state index in [1.54, 1.807) is 24.2 Å². The molecule has 1 aromatic rings. The Bertz CT molecular complexity index is 506. The molecule has 0 aromatic carbocycles. The maximum Gasteiger partial charge on any atom is 0.410 e. The van der Waals surface area contributed by atoms with Crippen LogP contribution in [0.15, 0.2) is 24.5 Å². The molecule has 0 radical (unpaired) electrons. The van der Waals surface area contributed by atoms with E-state index < -0.39 is 5.60 Å². The van der Waals surface area contributed by atoms with Crippen LogP contribution >= 0.6 is 0 Å². The summed E-state index contributed by atoms with van der Waals surface area (Å²) >= 11 is 0. The van der Waals surface area contributed by atoms with E-state index >= 15 is 0 Å². The summed E-state index contributed by atoms with van der Waals surface area (Å²) in [4.78, 5) is 17.4. The van der Waals surface area contributed by atoms with Crippen LogP contribution in [-0.4, -0.2) is 39.8 Å². The molecule has 0 spiro atoms. The van der Waals surface area contributed by atoms with Crippen molar-refractivity contribution in [2.24, 2.45) is 0 Å². The second-order valence-electron chi connectivity index (χ2n) is 6.05. The van der Waals surface area contributed by atoms with Crippen LogP contribution < -0.4 is 0 Å². The van der Waals surface area contributed by atoms with Gasteiger partial charge in [0.1, 0.15) is 11.4 Å². The molecule has 0 aliphatic carbocycles. The molecule has 116 valence electrons. The van der Waals surface area contributed by atoms with Gasteiger partial charge in [0.2, 0.25) is 0 Å². The average molecular weight is 292 g/mol. The molecule has 0 bridgehead atoms. The average Bonchev–Trinajstić information content (AvgIpc) is 2.35. The van der Waals surface area contributed by atoms with Gasteiger partial charge in [-0.25, -0.2) is 4.79 Å². The number of carbonyl (C=O) groups excluding carboxylic acids is 1. The molecule has 1 atom stereocenters. The zero-order valence-electron chi connectivity index (χ0n) is 13.3. The minimum Gasteiger partial charge on any atom is -0.506 e. The first-order valence-electron chi connectivity index (χ1n) is 6.95. The molecular formula is C16H24N2O3. The Morgan fingerprint density at radius 3 is 2.71 bits per heavy atom. The standard InChI is InChI=1S/C16H24N2O3/c1-12(18(5)15(20)21-16(2,3)4)7-6-8-13-9-14(19)11-17-10-13/h6,8-12,19H,7H2,1-5H3/b8-6+. The van der Waals surface area contributed by atoms with Gasteiger partial charge in [-0.15, -0.1) is 0 Å². The number of hydrogen-bond donors (Lipinski definition) is 1. The van der Waals surface area contributed by atoms with E-state index in [0.717, 1.165) is 5.56 Å². The Balaban J connectivity index is 2.53. The highest BCUT2D eigenvalue weighted by molar-refractivity contribution is 5.68. The van der Waals surface area contributed by atoms with Gasteiger partial charge in [-0.3, -0.25) is 4.98 Å². The highest BCUT2D eigenvalue weighted by atomic mass is 16.6. The van der Waals surface area contributed by atoms with Gasteiger partial charge in [0.25, 0.3) is 0 Å². The van der Waals surface area contributed by atoms with Crippen LogP contribution in [0.3, 0.4) is 0 Å². The van der Waals surface area contributed by atoms with Crippen LogP contribution in [-0.2, 0) is 4.74 Å². The smallest absolute Gasteiger partial charge is 0.410 e. The molecule has 1 aromatic heterocycles. The maximum absolute atomic E-state index is 11.9. The van der Waals surface area contributed by atoms with E-state index in [1.165, 1.54) is 6.20 Å². The summed E-state index contributed by atoms with van der Waals surface area (Å²) in [5.41, 5.74) is 0.329. The second kappa shape index (κ2) is 7.11. The summed E-state index contributed by atoms with van der Waals surface area (Å²) in [6.45, 7) is 7.49. The van der Waals surface area contributed by atoms with Gasteiger partial charge >= 0.3 is 6.09 Å². The van der Waals surface area contributed by atoms with Crippen LogP contribution in [0.25, 0.3) is 6.08 Å². The molecule has 1 amide bonds. The third-order valence-electron chi connectivity index (χ3n) is 2.88. The van der Waals surface area contributed by atoms with Crippen molar-refractivity contribution in [3.63, 3.8) is 0 Å². The zero-order valence-corrected chi connectivity index (χ0v) is 13.3. The molecule has 1 N–H and O–H groups in total. The highest BCUT2D eigenvalue weighted by Crippen LogP contribution is 2.14. The van der Waals surface area contributed by atoms with Crippen molar-refractivity contribution in [2.45, 2.75) is 45.8 Å². The molecule has 0 aliphatic rings. The largest absolute Gasteiger partial charge is 0.506 e. The quantitative estimate of drug-likeness (QED) is 0.923. The normalized spacial score (nSPS) is 13.2. The Hall–Kier alpha value is -2.04. The first-order chi connectivity index (χ1) is 9.69. The maximum atomic E-state index is 11.9. The van der Waals surface area contributed by atoms with Crippen molar-refractivity contribution in [1.82, 2.24) is 9.88 Å². The summed E-state index contributed by atoms with van der Waals surface area (Å²) in [5.74, 6) is 0.135. The number of rotatable bonds is 4. The minimum absolute atomic E-state index is 0.0152. The van der Waals surface area contributed by atoms with Crippen LogP contribution in [0.5, 0.6) is 5.75 Å². The Labute approximate surface area is 126 Å². The summed E-state index contributed by atoms with van der Waals surface area (Å²) in [6.07, 6.45) is 7.22. The van der Waals surface area contributed by atoms with Crippen molar-refractivity contribution in [2.75, 3.05) is 7.05 Å². The molecule has 5 nitrogen and oxygen atoms in total. The van der Waals surface area contributed by atoms with Gasteiger partial charge < -0.3 is 14.7 Å². The highest BCUT2D eigenvalue weighted by Gasteiger charge is 2.22. The first kappa shape index (κ1) is 17.0. The van der Waals surface area contributed by atoms with E-state index in [4.69, 9.17) is 4.74 Å². The van der Waals surface area contributed by atoms with E-state index in [2.05, 4.69) is 4.98 Å². The predicted octanol–water partition coefficient (Wildman–Crippen LogP) is 3.45. The van der Waals surface area contributed by atoms with E-state index in [9.17, 15) is 9.90 Å². The molecule has 0 saturated carbocycles. The lowest BCUT2D eigenvalue weighted by Gasteiger charge is -2.28. The number of nitrogens with zero attached hydrogens (tertiary/aromatic N) is 2. The van der Waals surface area contributed by atoms with Gasteiger partial charge in [0.15, 0.2) is 0 Å². The van der Waals surface area contributed by atoms with Gasteiger partial charge in [0, 0.05) is 19.3 Å². The lowest BCUT2D eigenvalue weighted by molar-refractivity contribution is 0.0238. The number of carbonyl (C=O) groups is 1. The molecular weight excluding hydrogens is 268 g/mol. The molecule has 1 rings (SSSR count). The van der Waals surface area contributed by atoms with Crippen molar-refractivity contribution in [3.05, 3.63) is 30.1 Å². The Morgan fingerprint density at radius 1 is 1.48 bits per heavy atom. The molecule has 0 saturated heterocycles. The van der Waals surface area contributed by atoms with E-state index in [-0.39, 0.29) is 17.9 Å². The van der Waals surface area contributed by atoms with Gasteiger partial charge in [-0.05, 0) is 45.7 Å². The zero-order chi connectivity index (χ0) is 16.0. The second-order valence-corrected chi connectivity index (χ2v) is 6.05. The molecule has 0 aliphatic heterocycles. The summed E-state index contributed by atoms with van der Waals surface area (Å²) < 4.78 is 5.32. The summed E-state index contributed by atoms with van der Waals surface area (Å²) in [7, 11) is 1.72. The van der Waals surface area contributed by atoms with Gasteiger partial charge in [-0.1, -0.05) is 12.2 Å². The first-order valence-corrected chi connectivity index (χ1v) is 6.95. The van der Waals surface area contributed by atoms with Gasteiger partial charge in [-0.2, -0.15) is 0 Å². The number of aromatic hydroxyl groups is 1. The molecule has 0 fully saturated rings. The van der Waals surface area contributed by atoms with Crippen LogP contribution in [0.4, 0.5) is 4.79 Å². The number of ether oxygens (including phenoxy) is 1. The number of hydrogen-bond acceptors (Lipinski definition) is 4. The molecule has 1 unspecified atom stereocenters. The Kier molecular flexibility index (Phi) is 5.76. The SMILES string of the molecule is CC(C/C=C/c1cncc(O)c1)N(C)C(=O)OC(C)(C)C. The predicted molar refractivity (Wildman–Crippen MR) is 83.0 cm³/mol. The van der Waals surface area contributed by atoms with Crippen molar-refractivity contribution in [1.29, 1.82) is 0 Å². The third-order valence-corrected chi connectivity index (χ3v) is 2.88. The minimum atomic E-state index is -0.492. The molecule has 5 heteroatoms. The van der Waals surface area contributed by atoms with Crippen LogP contribution in [0.1, 0.15) is 39.7 Å². The molecule has 21 heavy (non-hydrogen) atoms. The van der Waals surface area contributed by atoms with Gasteiger partial charge in [0.05, 0.1) is 6.20 Å². The number of amides is 1. The Morgan fingerprint density at radius 2 is 2.14 bits per heavy atom. The monoisotopic (exact) mass is 292 g/mol. The number of pyridine rings is 1. The summed E-state index contributed by atoms with van der Waals surface area (Å²) in [6, 6.07) is 1.65. The van der Waals surface area contributed by atoms with E-state index in [0.29, 0.717) is 6.42 Å². The van der Waals surface area contributed by atoms with E-state index in [1.807, 2.05) is 39.8 Å². The fourth-order valence-electron chi connectivity index (χ4n) is 1.61. The number of aromatic nitrogens is 1. The van der Waals surface area contributed by atoms with Crippen molar-refractivity contribution in [3.8, 4) is 5.75 Å².